The van der Waals surface area contributed by atoms with Gasteiger partial charge >= 0.3 is 0 Å². The van der Waals surface area contributed by atoms with E-state index in [2.05, 4.69) is 26.2 Å². The van der Waals surface area contributed by atoms with Crippen LogP contribution in [0.3, 0.4) is 0 Å². The van der Waals surface area contributed by atoms with Crippen LogP contribution >= 0.6 is 0 Å². The molecule has 0 saturated heterocycles. The number of hydrogen-bond donors (Lipinski definition) is 2. The van der Waals surface area contributed by atoms with Crippen LogP contribution in [0.4, 0.5) is 4.39 Å². The molecule has 5 nitrogen and oxygen atoms in total. The van der Waals surface area contributed by atoms with Gasteiger partial charge in [-0.15, -0.1) is 0 Å². The Hall–Kier alpha value is -4.32. The predicted octanol–water partition coefficient (Wildman–Crippen LogP) is 5.97. The highest BCUT2D eigenvalue weighted by Crippen LogP contribution is 2.34. The zero-order valence-corrected chi connectivity index (χ0v) is 16.3. The highest BCUT2D eigenvalue weighted by molar-refractivity contribution is 6.00. The average molecular weight is 405 g/mol. The highest BCUT2D eigenvalue weighted by atomic mass is 19.1. The van der Waals surface area contributed by atoms with Gasteiger partial charge in [0.05, 0.1) is 16.9 Å². The number of aromatic amines is 2. The summed E-state index contributed by atoms with van der Waals surface area (Å²) in [5.74, 6) is -0.246. The minimum absolute atomic E-state index is 0.246. The summed E-state index contributed by atoms with van der Waals surface area (Å²) in [7, 11) is 0. The maximum atomic E-state index is 13.4. The number of halogens is 1. The van der Waals surface area contributed by atoms with Crippen molar-refractivity contribution in [1.29, 1.82) is 0 Å². The lowest BCUT2D eigenvalue weighted by Crippen LogP contribution is -1.86. The molecule has 0 aliphatic heterocycles. The van der Waals surface area contributed by atoms with Crippen LogP contribution in [0.15, 0.2) is 85.2 Å². The Labute approximate surface area is 176 Å². The van der Waals surface area contributed by atoms with Crippen LogP contribution < -0.4 is 0 Å². The molecule has 0 radical (unpaired) electrons. The van der Waals surface area contributed by atoms with Crippen molar-refractivity contribution in [3.05, 3.63) is 91.0 Å². The summed E-state index contributed by atoms with van der Waals surface area (Å²) in [6.45, 7) is 0. The molecular formula is C25H16FN5. The van der Waals surface area contributed by atoms with Crippen molar-refractivity contribution in [2.24, 2.45) is 0 Å². The number of benzene rings is 2. The number of H-pyrrole nitrogens is 2. The molecule has 0 saturated carbocycles. The zero-order chi connectivity index (χ0) is 20.8. The van der Waals surface area contributed by atoms with Gasteiger partial charge in [-0.05, 0) is 59.7 Å². The van der Waals surface area contributed by atoms with Crippen LogP contribution in [-0.4, -0.2) is 25.1 Å². The van der Waals surface area contributed by atoms with Gasteiger partial charge in [0.15, 0.2) is 0 Å². The van der Waals surface area contributed by atoms with Gasteiger partial charge in [0.2, 0.25) is 0 Å². The standard InChI is InChI=1S/C25H16FN5/c26-17-6-4-15(5-7-17)18-2-1-3-21-19(18)14-23(28-21)25-24-22(30-31-25)9-8-20(29-24)16-10-12-27-13-11-16/h1-14,28H,(H,30,31). The van der Waals surface area contributed by atoms with Crippen molar-refractivity contribution in [3.63, 3.8) is 0 Å². The van der Waals surface area contributed by atoms with Crippen LogP contribution in [0.1, 0.15) is 0 Å². The smallest absolute Gasteiger partial charge is 0.135 e. The first-order valence-electron chi connectivity index (χ1n) is 9.90. The van der Waals surface area contributed by atoms with Gasteiger partial charge < -0.3 is 4.98 Å². The fourth-order valence-corrected chi connectivity index (χ4v) is 3.93. The minimum Gasteiger partial charge on any atom is -0.353 e. The molecule has 2 N–H and O–H groups in total. The van der Waals surface area contributed by atoms with E-state index in [0.29, 0.717) is 0 Å². The van der Waals surface area contributed by atoms with Crippen molar-refractivity contribution in [2.75, 3.05) is 0 Å². The van der Waals surface area contributed by atoms with Gasteiger partial charge in [-0.3, -0.25) is 10.1 Å². The van der Waals surface area contributed by atoms with E-state index in [9.17, 15) is 4.39 Å². The number of pyridine rings is 2. The van der Waals surface area contributed by atoms with Crippen molar-refractivity contribution < 1.29 is 4.39 Å². The quantitative estimate of drug-likeness (QED) is 0.381. The normalized spacial score (nSPS) is 11.4. The Morgan fingerprint density at radius 2 is 1.61 bits per heavy atom. The molecule has 0 aliphatic rings. The number of fused-ring (bicyclic) bond motifs is 2. The summed E-state index contributed by atoms with van der Waals surface area (Å²) in [4.78, 5) is 12.4. The van der Waals surface area contributed by atoms with Crippen LogP contribution in [0.25, 0.3) is 55.7 Å². The fraction of sp³-hybridized carbons (Fsp3) is 0. The Morgan fingerprint density at radius 3 is 2.45 bits per heavy atom. The molecule has 31 heavy (non-hydrogen) atoms. The molecule has 0 aliphatic carbocycles. The molecule has 0 atom stereocenters. The maximum Gasteiger partial charge on any atom is 0.135 e. The molecule has 0 amide bonds. The summed E-state index contributed by atoms with van der Waals surface area (Å²) in [6, 6.07) is 22.5. The summed E-state index contributed by atoms with van der Waals surface area (Å²) >= 11 is 0. The molecule has 0 bridgehead atoms. The zero-order valence-electron chi connectivity index (χ0n) is 16.3. The molecule has 6 aromatic rings. The second-order valence-corrected chi connectivity index (χ2v) is 7.36. The second-order valence-electron chi connectivity index (χ2n) is 7.36. The molecule has 4 aromatic heterocycles. The van der Waals surface area contributed by atoms with Crippen molar-refractivity contribution >= 4 is 21.9 Å². The first-order chi connectivity index (χ1) is 15.3. The van der Waals surface area contributed by atoms with E-state index in [0.717, 1.165) is 55.7 Å². The number of rotatable bonds is 3. The highest BCUT2D eigenvalue weighted by Gasteiger charge is 2.15. The van der Waals surface area contributed by atoms with Gasteiger partial charge in [-0.25, -0.2) is 9.37 Å². The van der Waals surface area contributed by atoms with E-state index < -0.39 is 0 Å². The largest absolute Gasteiger partial charge is 0.353 e. The van der Waals surface area contributed by atoms with E-state index >= 15 is 0 Å². The van der Waals surface area contributed by atoms with Gasteiger partial charge in [-0.2, -0.15) is 5.10 Å². The summed E-state index contributed by atoms with van der Waals surface area (Å²) in [6.07, 6.45) is 3.51. The second kappa shape index (κ2) is 6.88. The number of aromatic nitrogens is 5. The van der Waals surface area contributed by atoms with E-state index in [-0.39, 0.29) is 5.82 Å². The Bertz CT molecular complexity index is 1530. The van der Waals surface area contributed by atoms with E-state index in [1.807, 2.05) is 42.5 Å². The van der Waals surface area contributed by atoms with Crippen molar-refractivity contribution in [2.45, 2.75) is 0 Å². The predicted molar refractivity (Wildman–Crippen MR) is 120 cm³/mol. The third-order valence-corrected chi connectivity index (χ3v) is 5.46. The molecule has 0 unspecified atom stereocenters. The lowest BCUT2D eigenvalue weighted by Gasteiger charge is -2.03. The number of hydrogen-bond acceptors (Lipinski definition) is 3. The van der Waals surface area contributed by atoms with E-state index in [1.54, 1.807) is 24.5 Å². The molecule has 2 aromatic carbocycles. The molecule has 4 heterocycles. The maximum absolute atomic E-state index is 13.4. The van der Waals surface area contributed by atoms with Crippen LogP contribution in [0.5, 0.6) is 0 Å². The molecule has 0 spiro atoms. The SMILES string of the molecule is Fc1ccc(-c2cccc3[nH]c(-c4n[nH]c5ccc(-c6ccncc6)nc45)cc23)cc1. The average Bonchev–Trinajstić information content (AvgIpc) is 3.43. The Kier molecular flexibility index (Phi) is 3.89. The van der Waals surface area contributed by atoms with E-state index in [1.165, 1.54) is 12.1 Å². The third kappa shape index (κ3) is 2.97. The van der Waals surface area contributed by atoms with Crippen molar-refractivity contribution in [1.82, 2.24) is 25.1 Å². The lowest BCUT2D eigenvalue weighted by atomic mass is 10.0. The monoisotopic (exact) mass is 405 g/mol. The Morgan fingerprint density at radius 1 is 0.774 bits per heavy atom. The minimum atomic E-state index is -0.246. The lowest BCUT2D eigenvalue weighted by molar-refractivity contribution is 0.628. The topological polar surface area (TPSA) is 70.2 Å². The van der Waals surface area contributed by atoms with Crippen LogP contribution in [0, 0.1) is 5.82 Å². The van der Waals surface area contributed by atoms with E-state index in [4.69, 9.17) is 4.98 Å². The van der Waals surface area contributed by atoms with Gasteiger partial charge in [0.25, 0.3) is 0 Å². The summed E-state index contributed by atoms with van der Waals surface area (Å²) in [5.41, 5.74) is 8.13. The molecule has 6 heteroatoms. The summed E-state index contributed by atoms with van der Waals surface area (Å²) < 4.78 is 13.4. The van der Waals surface area contributed by atoms with Crippen LogP contribution in [0.2, 0.25) is 0 Å². The fourth-order valence-electron chi connectivity index (χ4n) is 3.93. The van der Waals surface area contributed by atoms with Gasteiger partial charge in [-0.1, -0.05) is 24.3 Å². The Balaban J connectivity index is 1.51. The molecular weight excluding hydrogens is 389 g/mol. The van der Waals surface area contributed by atoms with Crippen molar-refractivity contribution in [3.8, 4) is 33.8 Å². The first kappa shape index (κ1) is 17.5. The summed E-state index contributed by atoms with van der Waals surface area (Å²) in [5, 5.41) is 8.65. The van der Waals surface area contributed by atoms with Crippen LogP contribution in [-0.2, 0) is 0 Å². The molecule has 148 valence electrons. The third-order valence-electron chi connectivity index (χ3n) is 5.46. The molecule has 6 rings (SSSR count). The number of nitrogens with one attached hydrogen (secondary N) is 2. The van der Waals surface area contributed by atoms with Gasteiger partial charge in [0, 0.05) is 28.9 Å². The first-order valence-corrected chi connectivity index (χ1v) is 9.90. The number of nitrogens with zero attached hydrogens (tertiary/aromatic N) is 3. The molecule has 0 fully saturated rings. The van der Waals surface area contributed by atoms with Gasteiger partial charge in [0.1, 0.15) is 17.0 Å².